The van der Waals surface area contributed by atoms with Crippen LogP contribution in [0, 0.1) is 6.92 Å². The monoisotopic (exact) mass is 353 g/mol. The van der Waals surface area contributed by atoms with E-state index in [1.54, 1.807) is 18.4 Å². The fourth-order valence-electron chi connectivity index (χ4n) is 2.96. The summed E-state index contributed by atoms with van der Waals surface area (Å²) in [6.07, 6.45) is 0. The van der Waals surface area contributed by atoms with Gasteiger partial charge in [-0.15, -0.1) is 0 Å². The molecule has 5 heteroatoms. The molecule has 3 rings (SSSR count). The molecule has 130 valence electrons. The minimum absolute atomic E-state index is 0.801. The number of rotatable bonds is 6. The van der Waals surface area contributed by atoms with Gasteiger partial charge in [0, 0.05) is 12.2 Å². The van der Waals surface area contributed by atoms with Crippen LogP contribution in [0.15, 0.2) is 48.7 Å². The highest BCUT2D eigenvalue weighted by molar-refractivity contribution is 7.22. The van der Waals surface area contributed by atoms with E-state index in [2.05, 4.69) is 42.8 Å². The Morgan fingerprint density at radius 1 is 1.28 bits per heavy atom. The summed E-state index contributed by atoms with van der Waals surface area (Å²) in [4.78, 5) is 7.08. The normalized spacial score (nSPS) is 10.7. The third-order valence-corrected chi connectivity index (χ3v) is 5.07. The third kappa shape index (κ3) is 3.33. The molecule has 0 aliphatic carbocycles. The lowest BCUT2D eigenvalue weighted by atomic mass is 10.1. The molecule has 0 atom stereocenters. The highest BCUT2D eigenvalue weighted by atomic mass is 32.1. The summed E-state index contributed by atoms with van der Waals surface area (Å²) >= 11 is 1.64. The van der Waals surface area contributed by atoms with E-state index in [0.717, 1.165) is 44.7 Å². The number of methoxy groups -OCH3 is 1. The maximum absolute atomic E-state index is 5.42. The lowest BCUT2D eigenvalue weighted by molar-refractivity contribution is 0.417. The second-order valence-electron chi connectivity index (χ2n) is 5.90. The van der Waals surface area contributed by atoms with E-state index in [1.165, 1.54) is 5.56 Å². The van der Waals surface area contributed by atoms with Gasteiger partial charge < -0.3 is 15.0 Å². The fourth-order valence-corrected chi connectivity index (χ4v) is 3.84. The van der Waals surface area contributed by atoms with E-state index in [9.17, 15) is 0 Å². The molecule has 0 fully saturated rings. The molecule has 0 spiro atoms. The zero-order chi connectivity index (χ0) is 18.0. The van der Waals surface area contributed by atoms with Crippen molar-refractivity contribution in [2.24, 2.45) is 0 Å². The number of para-hydroxylation sites is 2. The lowest BCUT2D eigenvalue weighted by Crippen LogP contribution is -2.20. The number of ether oxygens (including phenoxy) is 1. The van der Waals surface area contributed by atoms with Crippen molar-refractivity contribution >= 4 is 38.1 Å². The maximum atomic E-state index is 5.42. The van der Waals surface area contributed by atoms with Crippen LogP contribution < -0.4 is 15.0 Å². The molecular formula is C20H23N3OS. The van der Waals surface area contributed by atoms with Crippen LogP contribution in [0.1, 0.15) is 19.4 Å². The number of anilines is 3. The van der Waals surface area contributed by atoms with E-state index >= 15 is 0 Å². The van der Waals surface area contributed by atoms with Gasteiger partial charge in [0.25, 0.3) is 0 Å². The number of aryl methyl sites for hydroxylation is 1. The number of fused-ring (bicyclic) bond motifs is 1. The van der Waals surface area contributed by atoms with Crippen molar-refractivity contribution in [3.8, 4) is 5.75 Å². The van der Waals surface area contributed by atoms with Gasteiger partial charge in [-0.05, 0) is 44.5 Å². The highest BCUT2D eigenvalue weighted by Crippen LogP contribution is 2.38. The van der Waals surface area contributed by atoms with Crippen LogP contribution in [0.2, 0.25) is 0 Å². The van der Waals surface area contributed by atoms with Crippen LogP contribution in [0.4, 0.5) is 16.5 Å². The summed E-state index contributed by atoms with van der Waals surface area (Å²) < 4.78 is 6.57. The second kappa shape index (κ2) is 7.15. The average Bonchev–Trinajstić information content (AvgIpc) is 3.00. The molecule has 0 bridgehead atoms. The topological polar surface area (TPSA) is 37.4 Å². The largest absolute Gasteiger partial charge is 0.495 e. The number of nitrogens with zero attached hydrogens (tertiary/aromatic N) is 2. The Kier molecular flexibility index (Phi) is 4.95. The molecular weight excluding hydrogens is 330 g/mol. The first-order chi connectivity index (χ1) is 12.0. The molecule has 0 amide bonds. The molecule has 1 aromatic heterocycles. The second-order valence-corrected chi connectivity index (χ2v) is 6.93. The Hall–Kier alpha value is -2.53. The predicted octanol–water partition coefficient (Wildman–Crippen LogP) is 5.72. The molecule has 0 radical (unpaired) electrons. The van der Waals surface area contributed by atoms with Gasteiger partial charge in [-0.3, -0.25) is 0 Å². The van der Waals surface area contributed by atoms with Gasteiger partial charge >= 0.3 is 0 Å². The number of nitrogens with one attached hydrogen (secondary N) is 1. The molecule has 25 heavy (non-hydrogen) atoms. The van der Waals surface area contributed by atoms with Crippen molar-refractivity contribution < 1.29 is 4.74 Å². The summed E-state index contributed by atoms with van der Waals surface area (Å²) in [5.41, 5.74) is 5.27. The number of benzene rings is 2. The standard InChI is InChI=1S/C20H23N3OS/c1-6-23(13(2)3)19-14(4)11-12-17-18(19)22-20(25-17)21-15-9-7-8-10-16(15)24-5/h7-12H,2,6H2,1,3-5H3,(H,21,22). The van der Waals surface area contributed by atoms with Crippen molar-refractivity contribution in [3.63, 3.8) is 0 Å². The Labute approximate surface area is 152 Å². The summed E-state index contributed by atoms with van der Waals surface area (Å²) in [7, 11) is 1.67. The number of thiazole rings is 1. The zero-order valence-corrected chi connectivity index (χ0v) is 15.9. The summed E-state index contributed by atoms with van der Waals surface area (Å²) in [5, 5.41) is 4.24. The van der Waals surface area contributed by atoms with Crippen LogP contribution in [0.3, 0.4) is 0 Å². The van der Waals surface area contributed by atoms with Crippen molar-refractivity contribution in [3.05, 3.63) is 54.2 Å². The molecule has 0 saturated carbocycles. The quantitative estimate of drug-likeness (QED) is 0.615. The zero-order valence-electron chi connectivity index (χ0n) is 15.1. The number of hydrogen-bond acceptors (Lipinski definition) is 5. The first-order valence-electron chi connectivity index (χ1n) is 8.28. The Balaban J connectivity index is 2.07. The average molecular weight is 353 g/mol. The van der Waals surface area contributed by atoms with Gasteiger partial charge in [-0.25, -0.2) is 4.98 Å². The van der Waals surface area contributed by atoms with Crippen molar-refractivity contribution in [1.29, 1.82) is 0 Å². The molecule has 0 saturated heterocycles. The van der Waals surface area contributed by atoms with Crippen molar-refractivity contribution in [2.75, 3.05) is 23.9 Å². The smallest absolute Gasteiger partial charge is 0.188 e. The SMILES string of the molecule is C=C(C)N(CC)c1c(C)ccc2sc(Nc3ccccc3OC)nc12. The van der Waals surface area contributed by atoms with Crippen molar-refractivity contribution in [1.82, 2.24) is 4.98 Å². The van der Waals surface area contributed by atoms with Crippen LogP contribution in [0.5, 0.6) is 5.75 Å². The first-order valence-corrected chi connectivity index (χ1v) is 9.10. The molecule has 2 aromatic carbocycles. The highest BCUT2D eigenvalue weighted by Gasteiger charge is 2.16. The number of aromatic nitrogens is 1. The number of allylic oxidation sites excluding steroid dienone is 1. The van der Waals surface area contributed by atoms with Crippen LogP contribution in [-0.4, -0.2) is 18.6 Å². The lowest BCUT2D eigenvalue weighted by Gasteiger charge is -2.25. The molecule has 3 aromatic rings. The van der Waals surface area contributed by atoms with Crippen molar-refractivity contribution in [2.45, 2.75) is 20.8 Å². The van der Waals surface area contributed by atoms with E-state index in [-0.39, 0.29) is 0 Å². The van der Waals surface area contributed by atoms with Gasteiger partial charge in [-0.1, -0.05) is 36.1 Å². The Morgan fingerprint density at radius 3 is 2.72 bits per heavy atom. The van der Waals surface area contributed by atoms with Gasteiger partial charge in [0.1, 0.15) is 11.3 Å². The van der Waals surface area contributed by atoms with E-state index in [4.69, 9.17) is 9.72 Å². The van der Waals surface area contributed by atoms with Crippen LogP contribution >= 0.6 is 11.3 Å². The minimum Gasteiger partial charge on any atom is -0.495 e. The minimum atomic E-state index is 0.801. The molecule has 0 aliphatic rings. The van der Waals surface area contributed by atoms with Gasteiger partial charge in [0.05, 0.1) is 23.2 Å². The Bertz CT molecular complexity index is 916. The molecule has 0 aliphatic heterocycles. The summed E-state index contributed by atoms with van der Waals surface area (Å²) in [5.74, 6) is 0.801. The summed E-state index contributed by atoms with van der Waals surface area (Å²) in [6, 6.07) is 12.1. The van der Waals surface area contributed by atoms with Gasteiger partial charge in [0.2, 0.25) is 0 Å². The van der Waals surface area contributed by atoms with Crippen LogP contribution in [-0.2, 0) is 0 Å². The van der Waals surface area contributed by atoms with E-state index in [1.807, 2.05) is 31.2 Å². The van der Waals surface area contributed by atoms with Crippen LogP contribution in [0.25, 0.3) is 10.2 Å². The Morgan fingerprint density at radius 2 is 2.04 bits per heavy atom. The van der Waals surface area contributed by atoms with Gasteiger partial charge in [0.15, 0.2) is 5.13 Å². The third-order valence-electron chi connectivity index (χ3n) is 4.13. The molecule has 0 unspecified atom stereocenters. The number of hydrogen-bond donors (Lipinski definition) is 1. The van der Waals surface area contributed by atoms with Gasteiger partial charge in [-0.2, -0.15) is 0 Å². The summed E-state index contributed by atoms with van der Waals surface area (Å²) in [6.45, 7) is 11.3. The van der Waals surface area contributed by atoms with E-state index in [0.29, 0.717) is 0 Å². The molecule has 1 N–H and O–H groups in total. The van der Waals surface area contributed by atoms with E-state index < -0.39 is 0 Å². The fraction of sp³-hybridized carbons (Fsp3) is 0.250. The molecule has 4 nitrogen and oxygen atoms in total. The predicted molar refractivity (Wildman–Crippen MR) is 108 cm³/mol. The molecule has 1 heterocycles. The maximum Gasteiger partial charge on any atom is 0.188 e. The first kappa shape index (κ1) is 17.3.